The summed E-state index contributed by atoms with van der Waals surface area (Å²) in [5, 5.41) is 9.53. The molecule has 3 aromatic carbocycles. The Kier molecular flexibility index (Phi) is 5.92. The van der Waals surface area contributed by atoms with Gasteiger partial charge in [-0.05, 0) is 37.3 Å². The van der Waals surface area contributed by atoms with Crippen LogP contribution in [-0.4, -0.2) is 26.3 Å². The molecule has 0 atom stereocenters. The van der Waals surface area contributed by atoms with Crippen LogP contribution < -0.4 is 0 Å². The van der Waals surface area contributed by atoms with Crippen LogP contribution in [0.15, 0.2) is 88.5 Å². The Morgan fingerprint density at radius 1 is 0.966 bits per heavy atom. The minimum Gasteiger partial charge on any atom is -0.293 e. The molecule has 0 amide bonds. The normalized spacial score (nSPS) is 10.8. The van der Waals surface area contributed by atoms with Crippen molar-refractivity contribution in [2.75, 3.05) is 5.75 Å². The number of nitrogens with zero attached hydrogens (tertiary/aromatic N) is 3. The number of ketones is 1. The number of aromatic nitrogens is 3. The van der Waals surface area contributed by atoms with Crippen LogP contribution in [0.25, 0.3) is 17.1 Å². The summed E-state index contributed by atoms with van der Waals surface area (Å²) < 4.78 is 2.96. The van der Waals surface area contributed by atoms with Gasteiger partial charge in [0, 0.05) is 21.3 Å². The molecule has 0 aliphatic carbocycles. The predicted molar refractivity (Wildman–Crippen MR) is 121 cm³/mol. The predicted octanol–water partition coefficient (Wildman–Crippen LogP) is 5.98. The molecule has 1 heterocycles. The van der Waals surface area contributed by atoms with Gasteiger partial charge in [-0.2, -0.15) is 0 Å². The fourth-order valence-corrected chi connectivity index (χ4v) is 4.10. The van der Waals surface area contributed by atoms with Gasteiger partial charge in [0.05, 0.1) is 5.75 Å². The maximum atomic E-state index is 12.6. The van der Waals surface area contributed by atoms with Crippen molar-refractivity contribution in [1.29, 1.82) is 0 Å². The quantitative estimate of drug-likeness (QED) is 0.260. The summed E-state index contributed by atoms with van der Waals surface area (Å²) >= 11 is 4.79. The summed E-state index contributed by atoms with van der Waals surface area (Å²) in [5.41, 5.74) is 3.80. The number of aryl methyl sites for hydroxylation is 1. The third kappa shape index (κ3) is 4.49. The van der Waals surface area contributed by atoms with Gasteiger partial charge in [-0.15, -0.1) is 10.2 Å². The van der Waals surface area contributed by atoms with Gasteiger partial charge in [0.15, 0.2) is 16.8 Å². The summed E-state index contributed by atoms with van der Waals surface area (Å²) in [6.07, 6.45) is 0. The second-order valence-corrected chi connectivity index (χ2v) is 8.42. The van der Waals surface area contributed by atoms with E-state index in [0.29, 0.717) is 16.5 Å². The molecule has 0 unspecified atom stereocenters. The Morgan fingerprint density at radius 3 is 2.45 bits per heavy atom. The van der Waals surface area contributed by atoms with Crippen LogP contribution in [0.1, 0.15) is 15.9 Å². The van der Waals surface area contributed by atoms with Crippen LogP contribution in [0.5, 0.6) is 0 Å². The average molecular weight is 464 g/mol. The summed E-state index contributed by atoms with van der Waals surface area (Å²) in [6.45, 7) is 2.05. The van der Waals surface area contributed by atoms with Crippen molar-refractivity contribution in [1.82, 2.24) is 14.8 Å². The maximum absolute atomic E-state index is 12.6. The van der Waals surface area contributed by atoms with Gasteiger partial charge in [-0.3, -0.25) is 9.36 Å². The molecule has 1 aromatic heterocycles. The van der Waals surface area contributed by atoms with Crippen LogP contribution >= 0.6 is 27.7 Å². The van der Waals surface area contributed by atoms with Gasteiger partial charge in [-0.1, -0.05) is 81.8 Å². The number of carbonyl (C=O) groups excluding carboxylic acids is 1. The van der Waals surface area contributed by atoms with Crippen LogP contribution in [0.4, 0.5) is 0 Å². The lowest BCUT2D eigenvalue weighted by Gasteiger charge is -2.10. The van der Waals surface area contributed by atoms with Crippen molar-refractivity contribution in [2.24, 2.45) is 0 Å². The van der Waals surface area contributed by atoms with Gasteiger partial charge in [0.25, 0.3) is 0 Å². The molecule has 144 valence electrons. The fourth-order valence-electron chi connectivity index (χ4n) is 2.99. The molecular weight excluding hydrogens is 446 g/mol. The average Bonchev–Trinajstić information content (AvgIpc) is 3.17. The standard InChI is InChI=1S/C23H18BrN3OS/c1-16-6-5-7-18(14-16)22-25-26-23(27(22)20-8-3-2-4-9-20)29-15-21(28)17-10-12-19(24)13-11-17/h2-14H,15H2,1H3. The molecule has 0 saturated heterocycles. The summed E-state index contributed by atoms with van der Waals surface area (Å²) in [5.74, 6) is 1.11. The lowest BCUT2D eigenvalue weighted by atomic mass is 10.1. The molecular formula is C23H18BrN3OS. The highest BCUT2D eigenvalue weighted by atomic mass is 79.9. The summed E-state index contributed by atoms with van der Waals surface area (Å²) in [6, 6.07) is 25.6. The SMILES string of the molecule is Cc1cccc(-c2nnc(SCC(=O)c3ccc(Br)cc3)n2-c2ccccc2)c1. The highest BCUT2D eigenvalue weighted by molar-refractivity contribution is 9.10. The van der Waals surface area contributed by atoms with E-state index in [1.165, 1.54) is 11.8 Å². The molecule has 0 fully saturated rings. The lowest BCUT2D eigenvalue weighted by molar-refractivity contribution is 0.102. The number of benzene rings is 3. The third-order valence-electron chi connectivity index (χ3n) is 4.42. The van der Waals surface area contributed by atoms with E-state index in [0.717, 1.165) is 27.1 Å². The zero-order valence-corrected chi connectivity index (χ0v) is 18.2. The third-order valence-corrected chi connectivity index (χ3v) is 5.88. The van der Waals surface area contributed by atoms with Gasteiger partial charge >= 0.3 is 0 Å². The number of hydrogen-bond donors (Lipinski definition) is 0. The number of thioether (sulfide) groups is 1. The number of Topliss-reactive ketones (excluding diaryl/α,β-unsaturated/α-hetero) is 1. The van der Waals surface area contributed by atoms with Crippen molar-refractivity contribution >= 4 is 33.5 Å². The van der Waals surface area contributed by atoms with Gasteiger partial charge in [0.1, 0.15) is 0 Å². The number of rotatable bonds is 6. The Balaban J connectivity index is 1.66. The monoisotopic (exact) mass is 463 g/mol. The van der Waals surface area contributed by atoms with Gasteiger partial charge in [-0.25, -0.2) is 0 Å². The first-order chi connectivity index (χ1) is 14.1. The smallest absolute Gasteiger partial charge is 0.196 e. The number of hydrogen-bond acceptors (Lipinski definition) is 4. The zero-order chi connectivity index (χ0) is 20.2. The van der Waals surface area contributed by atoms with E-state index < -0.39 is 0 Å². The minimum atomic E-state index is 0.0576. The summed E-state index contributed by atoms with van der Waals surface area (Å²) in [4.78, 5) is 12.6. The second kappa shape index (κ2) is 8.76. The number of para-hydroxylation sites is 1. The van der Waals surface area contributed by atoms with Crippen molar-refractivity contribution < 1.29 is 4.79 Å². The first-order valence-electron chi connectivity index (χ1n) is 9.11. The molecule has 0 radical (unpaired) electrons. The van der Waals surface area contributed by atoms with Gasteiger partial charge < -0.3 is 0 Å². The Labute approximate surface area is 182 Å². The largest absolute Gasteiger partial charge is 0.293 e. The Hall–Kier alpha value is -2.70. The lowest BCUT2D eigenvalue weighted by Crippen LogP contribution is -2.05. The first kappa shape index (κ1) is 19.6. The van der Waals surface area contributed by atoms with E-state index in [4.69, 9.17) is 0 Å². The van der Waals surface area contributed by atoms with E-state index >= 15 is 0 Å². The van der Waals surface area contributed by atoms with Crippen LogP contribution in [-0.2, 0) is 0 Å². The van der Waals surface area contributed by atoms with Crippen molar-refractivity contribution in [3.05, 3.63) is 94.5 Å². The second-order valence-electron chi connectivity index (χ2n) is 6.57. The van der Waals surface area contributed by atoms with E-state index in [1.54, 1.807) is 0 Å². The molecule has 0 aliphatic heterocycles. The number of halogens is 1. The van der Waals surface area contributed by atoms with Crippen molar-refractivity contribution in [3.63, 3.8) is 0 Å². The fraction of sp³-hybridized carbons (Fsp3) is 0.0870. The van der Waals surface area contributed by atoms with E-state index in [-0.39, 0.29) is 5.78 Å². The van der Waals surface area contributed by atoms with Crippen LogP contribution in [0.3, 0.4) is 0 Å². The molecule has 4 aromatic rings. The maximum Gasteiger partial charge on any atom is 0.196 e. The van der Waals surface area contributed by atoms with Crippen LogP contribution in [0.2, 0.25) is 0 Å². The van der Waals surface area contributed by atoms with E-state index in [9.17, 15) is 4.79 Å². The zero-order valence-electron chi connectivity index (χ0n) is 15.7. The molecule has 4 rings (SSSR count). The van der Waals surface area contributed by atoms with Gasteiger partial charge in [0.2, 0.25) is 0 Å². The molecule has 0 bridgehead atoms. The van der Waals surface area contributed by atoms with Crippen molar-refractivity contribution in [3.8, 4) is 17.1 Å². The Bertz CT molecular complexity index is 1140. The molecule has 6 heteroatoms. The molecule has 0 aliphatic rings. The number of carbonyl (C=O) groups is 1. The minimum absolute atomic E-state index is 0.0576. The van der Waals surface area contributed by atoms with Crippen molar-refractivity contribution in [2.45, 2.75) is 12.1 Å². The molecule has 0 saturated carbocycles. The van der Waals surface area contributed by atoms with E-state index in [2.05, 4.69) is 45.2 Å². The van der Waals surface area contributed by atoms with E-state index in [1.807, 2.05) is 71.3 Å². The molecule has 29 heavy (non-hydrogen) atoms. The first-order valence-corrected chi connectivity index (χ1v) is 10.9. The highest BCUT2D eigenvalue weighted by Gasteiger charge is 2.17. The Morgan fingerprint density at radius 2 is 1.72 bits per heavy atom. The molecule has 0 spiro atoms. The summed E-state index contributed by atoms with van der Waals surface area (Å²) in [7, 11) is 0. The molecule has 0 N–H and O–H groups in total. The van der Waals surface area contributed by atoms with Crippen LogP contribution in [0, 0.1) is 6.92 Å². The molecule has 4 nitrogen and oxygen atoms in total. The topological polar surface area (TPSA) is 47.8 Å². The highest BCUT2D eigenvalue weighted by Crippen LogP contribution is 2.28.